The quantitative estimate of drug-likeness (QED) is 0.557. The zero-order valence-corrected chi connectivity index (χ0v) is 9.28. The Morgan fingerprint density at radius 1 is 1.31 bits per heavy atom. The molecule has 0 atom stereocenters. The second-order valence-corrected chi connectivity index (χ2v) is 3.98. The lowest BCUT2D eigenvalue weighted by molar-refractivity contribution is -0.118. The average Bonchev–Trinajstić information content (AvgIpc) is 2.32. The number of amides is 1. The van der Waals surface area contributed by atoms with Crippen molar-refractivity contribution in [2.45, 2.75) is 25.7 Å². The van der Waals surface area contributed by atoms with Crippen LogP contribution >= 0.6 is 0 Å². The maximum Gasteiger partial charge on any atom is 0.227 e. The predicted octanol–water partition coefficient (Wildman–Crippen LogP) is 2.38. The van der Waals surface area contributed by atoms with E-state index in [1.807, 2.05) is 23.1 Å². The fraction of sp³-hybridized carbons (Fsp3) is 0.357. The highest BCUT2D eigenvalue weighted by molar-refractivity contribution is 5.96. The molecule has 1 amide bonds. The van der Waals surface area contributed by atoms with E-state index in [1.165, 1.54) is 5.56 Å². The van der Waals surface area contributed by atoms with Crippen molar-refractivity contribution in [1.82, 2.24) is 0 Å². The van der Waals surface area contributed by atoms with E-state index in [0.717, 1.165) is 31.5 Å². The summed E-state index contributed by atoms with van der Waals surface area (Å²) in [7, 11) is 0. The van der Waals surface area contributed by atoms with Gasteiger partial charge in [0, 0.05) is 25.1 Å². The van der Waals surface area contributed by atoms with Crippen LogP contribution in [0.4, 0.5) is 5.69 Å². The van der Waals surface area contributed by atoms with Gasteiger partial charge in [-0.05, 0) is 24.5 Å². The molecule has 0 aromatic heterocycles. The van der Waals surface area contributed by atoms with Gasteiger partial charge in [0.2, 0.25) is 5.91 Å². The molecule has 16 heavy (non-hydrogen) atoms. The Kier molecular flexibility index (Phi) is 3.26. The van der Waals surface area contributed by atoms with E-state index in [2.05, 4.69) is 12.0 Å². The summed E-state index contributed by atoms with van der Waals surface area (Å²) in [6.07, 6.45) is 8.30. The lowest BCUT2D eigenvalue weighted by Crippen LogP contribution is -2.35. The summed E-state index contributed by atoms with van der Waals surface area (Å²) < 4.78 is 0. The van der Waals surface area contributed by atoms with E-state index < -0.39 is 0 Å². The molecule has 0 bridgehead atoms. The number of aryl methyl sites for hydroxylation is 1. The molecule has 0 radical (unpaired) electrons. The highest BCUT2D eigenvalue weighted by Crippen LogP contribution is 2.27. The molecule has 1 aromatic rings. The third kappa shape index (κ3) is 2.09. The lowest BCUT2D eigenvalue weighted by Gasteiger charge is -2.29. The highest BCUT2D eigenvalue weighted by Gasteiger charge is 2.22. The number of terminal acetylenes is 1. The second-order valence-electron chi connectivity index (χ2n) is 3.98. The van der Waals surface area contributed by atoms with Crippen molar-refractivity contribution in [3.05, 3.63) is 29.8 Å². The van der Waals surface area contributed by atoms with Gasteiger partial charge in [0.25, 0.3) is 0 Å². The van der Waals surface area contributed by atoms with Crippen LogP contribution in [0, 0.1) is 12.3 Å². The van der Waals surface area contributed by atoms with Crippen molar-refractivity contribution >= 4 is 11.6 Å². The van der Waals surface area contributed by atoms with Gasteiger partial charge in [-0.3, -0.25) is 4.79 Å². The van der Waals surface area contributed by atoms with E-state index in [1.54, 1.807) is 0 Å². The standard InChI is InChI=1S/C14H15NO/c1-2-3-6-11-15-13-8-5-4-7-12(13)9-10-14(15)16/h1,4-5,7-8H,3,6,9-11H2. The molecular formula is C14H15NO. The Labute approximate surface area is 96.3 Å². The Balaban J connectivity index is 2.17. The highest BCUT2D eigenvalue weighted by atomic mass is 16.2. The zero-order chi connectivity index (χ0) is 11.4. The molecule has 0 N–H and O–H groups in total. The van der Waals surface area contributed by atoms with Gasteiger partial charge in [-0.15, -0.1) is 12.3 Å². The van der Waals surface area contributed by atoms with Gasteiger partial charge in [-0.25, -0.2) is 0 Å². The Morgan fingerprint density at radius 3 is 2.94 bits per heavy atom. The van der Waals surface area contributed by atoms with Crippen molar-refractivity contribution < 1.29 is 4.79 Å². The van der Waals surface area contributed by atoms with Crippen LogP contribution in [0.15, 0.2) is 24.3 Å². The maximum atomic E-state index is 11.8. The molecule has 1 aliphatic heterocycles. The lowest BCUT2D eigenvalue weighted by atomic mass is 10.0. The van der Waals surface area contributed by atoms with Crippen LogP contribution in [0.25, 0.3) is 0 Å². The van der Waals surface area contributed by atoms with Crippen LogP contribution < -0.4 is 4.90 Å². The molecule has 0 spiro atoms. The molecule has 2 heteroatoms. The maximum absolute atomic E-state index is 11.8. The van der Waals surface area contributed by atoms with Crippen LogP contribution in [0.2, 0.25) is 0 Å². The SMILES string of the molecule is C#CCCCN1C(=O)CCc2ccccc21. The zero-order valence-electron chi connectivity index (χ0n) is 9.28. The van der Waals surface area contributed by atoms with Crippen molar-refractivity contribution in [2.24, 2.45) is 0 Å². The normalized spacial score (nSPS) is 14.4. The number of anilines is 1. The minimum atomic E-state index is 0.218. The molecule has 0 unspecified atom stereocenters. The van der Waals surface area contributed by atoms with Crippen LogP contribution in [0.3, 0.4) is 0 Å². The molecule has 0 fully saturated rings. The fourth-order valence-electron chi connectivity index (χ4n) is 2.08. The number of para-hydroxylation sites is 1. The summed E-state index contributed by atoms with van der Waals surface area (Å²) >= 11 is 0. The van der Waals surface area contributed by atoms with E-state index in [0.29, 0.717) is 6.42 Å². The molecule has 0 saturated carbocycles. The number of benzene rings is 1. The van der Waals surface area contributed by atoms with Crippen LogP contribution in [-0.4, -0.2) is 12.5 Å². The number of nitrogens with zero attached hydrogens (tertiary/aromatic N) is 1. The summed E-state index contributed by atoms with van der Waals surface area (Å²) in [5, 5.41) is 0. The molecular weight excluding hydrogens is 198 g/mol. The van der Waals surface area contributed by atoms with Crippen molar-refractivity contribution in [3.63, 3.8) is 0 Å². The molecule has 0 saturated heterocycles. The Morgan fingerprint density at radius 2 is 2.12 bits per heavy atom. The van der Waals surface area contributed by atoms with Gasteiger partial charge >= 0.3 is 0 Å². The largest absolute Gasteiger partial charge is 0.312 e. The summed E-state index contributed by atoms with van der Waals surface area (Å²) in [5.74, 6) is 2.83. The minimum absolute atomic E-state index is 0.218. The molecule has 1 aliphatic rings. The third-order valence-electron chi connectivity index (χ3n) is 2.89. The summed E-state index contributed by atoms with van der Waals surface area (Å²) in [6, 6.07) is 8.11. The number of hydrogen-bond donors (Lipinski definition) is 0. The molecule has 82 valence electrons. The van der Waals surface area contributed by atoms with Crippen LogP contribution in [0.1, 0.15) is 24.8 Å². The van der Waals surface area contributed by atoms with Gasteiger partial charge in [0.05, 0.1) is 0 Å². The van der Waals surface area contributed by atoms with Crippen molar-refractivity contribution in [3.8, 4) is 12.3 Å². The summed E-state index contributed by atoms with van der Waals surface area (Å²) in [6.45, 7) is 0.736. The first-order chi connectivity index (χ1) is 7.83. The molecule has 2 nitrogen and oxygen atoms in total. The van der Waals surface area contributed by atoms with E-state index in [-0.39, 0.29) is 5.91 Å². The number of carbonyl (C=O) groups excluding carboxylic acids is 1. The first-order valence-corrected chi connectivity index (χ1v) is 5.64. The Bertz CT molecular complexity index is 431. The number of unbranched alkanes of at least 4 members (excludes halogenated alkanes) is 1. The molecule has 1 heterocycles. The number of fused-ring (bicyclic) bond motifs is 1. The monoisotopic (exact) mass is 213 g/mol. The minimum Gasteiger partial charge on any atom is -0.312 e. The van der Waals surface area contributed by atoms with Gasteiger partial charge in [0.1, 0.15) is 0 Å². The summed E-state index contributed by atoms with van der Waals surface area (Å²) in [4.78, 5) is 13.7. The Hall–Kier alpha value is -1.75. The van der Waals surface area contributed by atoms with Gasteiger partial charge in [-0.1, -0.05) is 18.2 Å². The van der Waals surface area contributed by atoms with E-state index >= 15 is 0 Å². The third-order valence-corrected chi connectivity index (χ3v) is 2.89. The molecule has 2 rings (SSSR count). The number of hydrogen-bond acceptors (Lipinski definition) is 1. The average molecular weight is 213 g/mol. The fourth-order valence-corrected chi connectivity index (χ4v) is 2.08. The molecule has 0 aliphatic carbocycles. The van der Waals surface area contributed by atoms with Crippen molar-refractivity contribution in [1.29, 1.82) is 0 Å². The molecule has 1 aromatic carbocycles. The van der Waals surface area contributed by atoms with Crippen LogP contribution in [0.5, 0.6) is 0 Å². The van der Waals surface area contributed by atoms with Gasteiger partial charge in [-0.2, -0.15) is 0 Å². The van der Waals surface area contributed by atoms with E-state index in [4.69, 9.17) is 6.42 Å². The second kappa shape index (κ2) is 4.85. The first-order valence-electron chi connectivity index (χ1n) is 5.64. The predicted molar refractivity (Wildman–Crippen MR) is 65.2 cm³/mol. The van der Waals surface area contributed by atoms with Gasteiger partial charge in [0.15, 0.2) is 0 Å². The van der Waals surface area contributed by atoms with Crippen LogP contribution in [-0.2, 0) is 11.2 Å². The van der Waals surface area contributed by atoms with E-state index in [9.17, 15) is 4.79 Å². The topological polar surface area (TPSA) is 20.3 Å². The number of carbonyl (C=O) groups is 1. The first kappa shape index (κ1) is 10.8. The smallest absolute Gasteiger partial charge is 0.227 e. The summed E-state index contributed by atoms with van der Waals surface area (Å²) in [5.41, 5.74) is 2.33. The van der Waals surface area contributed by atoms with Gasteiger partial charge < -0.3 is 4.90 Å². The number of rotatable bonds is 3. The van der Waals surface area contributed by atoms with Crippen molar-refractivity contribution in [2.75, 3.05) is 11.4 Å².